The Bertz CT molecular complexity index is 63.5. The van der Waals surface area contributed by atoms with E-state index in [4.69, 9.17) is 0 Å². The molecule has 0 radical (unpaired) electrons. The third kappa shape index (κ3) is 2.39. The second-order valence-electron chi connectivity index (χ2n) is 4.50. The molecule has 0 N–H and O–H groups in total. The van der Waals surface area contributed by atoms with Gasteiger partial charge in [-0.1, -0.05) is 0 Å². The van der Waals surface area contributed by atoms with E-state index in [9.17, 15) is 0 Å². The molecule has 0 aliphatic heterocycles. The first-order valence-electron chi connectivity index (χ1n) is 3.25. The summed E-state index contributed by atoms with van der Waals surface area (Å²) in [5.41, 5.74) is 0. The van der Waals surface area contributed by atoms with E-state index >= 15 is 0 Å². The van der Waals surface area contributed by atoms with E-state index in [-0.39, 0.29) is 0 Å². The van der Waals surface area contributed by atoms with E-state index in [2.05, 4.69) is 50.9 Å². The summed E-state index contributed by atoms with van der Waals surface area (Å²) in [5.74, 6) is 0. The summed E-state index contributed by atoms with van der Waals surface area (Å²) in [4.78, 5) is 0. The van der Waals surface area contributed by atoms with Gasteiger partial charge in [0, 0.05) is 0 Å². The van der Waals surface area contributed by atoms with Crippen LogP contribution in [0.4, 0.5) is 0 Å². The quantitative estimate of drug-likeness (QED) is 0.432. The monoisotopic (exact) mass is 122 g/mol. The van der Waals surface area contributed by atoms with Gasteiger partial charge < -0.3 is 0 Å². The first-order chi connectivity index (χ1) is 3.25. The first kappa shape index (κ1) is 8.81. The number of hydrogen-bond donors (Lipinski definition) is 0. The molecule has 2 heteroatoms. The van der Waals surface area contributed by atoms with E-state index in [1.165, 1.54) is 0 Å². The number of hydrogen-bond acceptors (Lipinski definition) is 0. The summed E-state index contributed by atoms with van der Waals surface area (Å²) in [6.07, 6.45) is -0.859. The Morgan fingerprint density at radius 3 is 1.25 bits per heavy atom. The molecule has 0 aromatic heterocycles. The van der Waals surface area contributed by atoms with Crippen LogP contribution in [0.2, 0.25) is 18.1 Å². The molecule has 0 amide bonds. The van der Waals surface area contributed by atoms with E-state index < -0.39 is 6.40 Å². The van der Waals surface area contributed by atoms with E-state index in [1.807, 2.05) is 0 Å². The van der Waals surface area contributed by atoms with Crippen LogP contribution in [0.25, 0.3) is 0 Å². The molecule has 0 aromatic rings. The van der Waals surface area contributed by atoms with Gasteiger partial charge in [-0.15, -0.1) is 0 Å². The van der Waals surface area contributed by atoms with Crippen molar-refractivity contribution in [3.05, 3.63) is 0 Å². The molecule has 0 bridgehead atoms. The summed E-state index contributed by atoms with van der Waals surface area (Å²) in [5, 5.41) is 0.576. The Hall–Kier alpha value is 0.814. The summed E-state index contributed by atoms with van der Waals surface area (Å²) in [6.45, 7) is 11.8. The minimum absolute atomic E-state index is 0.576. The Kier molecular flexibility index (Phi) is 2.43. The summed E-state index contributed by atoms with van der Waals surface area (Å²) >= 11 is 2.41. The molecule has 8 heavy (non-hydrogen) atoms. The predicted molar refractivity (Wildman–Crippen MR) is 43.0 cm³/mol. The molecule has 0 nitrogen and oxygen atoms in total. The Balaban J connectivity index is 4.02. The van der Waals surface area contributed by atoms with Gasteiger partial charge in [0.15, 0.2) is 0 Å². The average molecular weight is 122 g/mol. The zero-order chi connectivity index (χ0) is 7.00. The molecular weight excluding hydrogens is 107 g/mol. The van der Waals surface area contributed by atoms with Gasteiger partial charge in [0.1, 0.15) is 0 Å². The van der Waals surface area contributed by atoms with Crippen molar-refractivity contribution in [2.24, 2.45) is 0 Å². The Labute approximate surface area is 62.6 Å². The molecule has 0 saturated carbocycles. The topological polar surface area (TPSA) is 0 Å². The fourth-order valence-corrected chi connectivity index (χ4v) is 0. The zero-order valence-corrected chi connectivity index (χ0v) is 8.00. The van der Waals surface area contributed by atoms with Crippen LogP contribution in [-0.4, -0.2) is 23.4 Å². The molecule has 0 aliphatic carbocycles. The van der Waals surface area contributed by atoms with Crippen LogP contribution >= 0.6 is 0 Å². The van der Waals surface area contributed by atoms with Crippen molar-refractivity contribution in [3.8, 4) is 0 Å². The predicted octanol–water partition coefficient (Wildman–Crippen LogP) is 2.16. The van der Waals surface area contributed by atoms with Crippen LogP contribution in [0.5, 0.6) is 0 Å². The van der Waals surface area contributed by atoms with Gasteiger partial charge in [-0.2, -0.15) is 0 Å². The van der Waals surface area contributed by atoms with Crippen molar-refractivity contribution in [2.45, 2.75) is 38.9 Å². The fourth-order valence-electron chi connectivity index (χ4n) is 0. The molecule has 44 valence electrons. The van der Waals surface area contributed by atoms with E-state index in [1.54, 1.807) is 0 Å². The molecule has 0 aliphatic rings. The third-order valence-corrected chi connectivity index (χ3v) is 6.75. The summed E-state index contributed by atoms with van der Waals surface area (Å²) < 4.78 is 0. The van der Waals surface area contributed by atoms with Crippen molar-refractivity contribution >= 4 is 23.4 Å². The van der Waals surface area contributed by atoms with Gasteiger partial charge in [-0.25, -0.2) is 0 Å². The molecule has 0 heterocycles. The molecule has 0 saturated heterocycles. The molecule has 0 unspecified atom stereocenters. The van der Waals surface area contributed by atoms with Crippen molar-refractivity contribution in [1.82, 2.24) is 0 Å². The van der Waals surface area contributed by atoms with Crippen LogP contribution in [-0.2, 0) is 0 Å². The summed E-state index contributed by atoms with van der Waals surface area (Å²) in [6, 6.07) is 0. The van der Waals surface area contributed by atoms with Crippen LogP contribution in [0.15, 0.2) is 0 Å². The van der Waals surface area contributed by atoms with Gasteiger partial charge >= 0.3 is 62.3 Å². The normalized spacial score (nSPS) is 14.4. The van der Waals surface area contributed by atoms with Gasteiger partial charge in [-0.05, 0) is 0 Å². The maximum absolute atomic E-state index is 2.41. The van der Waals surface area contributed by atoms with Gasteiger partial charge in [0.05, 0.1) is 0 Å². The second kappa shape index (κ2) is 2.21. The Morgan fingerprint density at radius 1 is 1.12 bits per heavy atom. The van der Waals surface area contributed by atoms with E-state index in [0.717, 1.165) is 0 Å². The van der Waals surface area contributed by atoms with Gasteiger partial charge in [0.2, 0.25) is 0 Å². The molecule has 0 spiro atoms. The van der Waals surface area contributed by atoms with Crippen molar-refractivity contribution < 1.29 is 0 Å². The SMILES string of the molecule is [Li][Si](C)(C)C(C)(C)C. The molecule has 0 fully saturated rings. The van der Waals surface area contributed by atoms with Crippen LogP contribution in [0.1, 0.15) is 20.8 Å². The molecule has 0 atom stereocenters. The Morgan fingerprint density at radius 2 is 1.25 bits per heavy atom. The standard InChI is InChI=1S/C6H15Si.Li/c1-6(2,3)7(4)5;/h1-5H3;. The van der Waals surface area contributed by atoms with Crippen molar-refractivity contribution in [1.29, 1.82) is 0 Å². The van der Waals surface area contributed by atoms with Crippen LogP contribution in [0, 0.1) is 0 Å². The van der Waals surface area contributed by atoms with Gasteiger partial charge in [-0.3, -0.25) is 0 Å². The molecule has 0 rings (SSSR count). The number of rotatable bonds is 0. The third-order valence-electron chi connectivity index (χ3n) is 2.25. The van der Waals surface area contributed by atoms with Gasteiger partial charge in [0.25, 0.3) is 0 Å². The van der Waals surface area contributed by atoms with Crippen molar-refractivity contribution in [2.75, 3.05) is 0 Å². The molecule has 0 aromatic carbocycles. The summed E-state index contributed by atoms with van der Waals surface area (Å²) in [7, 11) is 0. The fraction of sp³-hybridized carbons (Fsp3) is 1.00. The van der Waals surface area contributed by atoms with Crippen molar-refractivity contribution in [3.63, 3.8) is 0 Å². The second-order valence-corrected chi connectivity index (χ2v) is 10.5. The minimum atomic E-state index is -0.859. The zero-order valence-electron chi connectivity index (χ0n) is 7.00. The maximum atomic E-state index is 2.41. The van der Waals surface area contributed by atoms with Crippen LogP contribution in [0.3, 0.4) is 0 Å². The average Bonchev–Trinajstić information content (AvgIpc) is 1.25. The first-order valence-corrected chi connectivity index (χ1v) is 6.75. The van der Waals surface area contributed by atoms with E-state index in [0.29, 0.717) is 5.04 Å². The van der Waals surface area contributed by atoms with Crippen LogP contribution < -0.4 is 0 Å². The molecular formula is C6H15LiSi.